The molecule has 0 aliphatic carbocycles. The molecule has 1 atom stereocenters. The van der Waals surface area contributed by atoms with Gasteiger partial charge in [0.1, 0.15) is 18.5 Å². The first kappa shape index (κ1) is 14.8. The zero-order chi connectivity index (χ0) is 14.4. The lowest BCUT2D eigenvalue weighted by Gasteiger charge is -2.35. The van der Waals surface area contributed by atoms with Crippen LogP contribution in [0.2, 0.25) is 0 Å². The maximum Gasteiger partial charge on any atom is 0.219 e. The summed E-state index contributed by atoms with van der Waals surface area (Å²) < 4.78 is 5.53. The van der Waals surface area contributed by atoms with Crippen LogP contribution in [0.1, 0.15) is 6.92 Å². The highest BCUT2D eigenvalue weighted by atomic mass is 16.5. The maximum absolute atomic E-state index is 11.2. The third-order valence-corrected chi connectivity index (χ3v) is 3.47. The summed E-state index contributed by atoms with van der Waals surface area (Å²) in [5, 5.41) is 9.99. The van der Waals surface area contributed by atoms with Crippen LogP contribution in [-0.2, 0) is 4.79 Å². The minimum atomic E-state index is -0.515. The molecule has 1 amide bonds. The summed E-state index contributed by atoms with van der Waals surface area (Å²) in [4.78, 5) is 15.2. The summed E-state index contributed by atoms with van der Waals surface area (Å²) in [5.74, 6) is 0.894. The molecule has 0 radical (unpaired) electrons. The van der Waals surface area contributed by atoms with Crippen molar-refractivity contribution in [2.24, 2.45) is 0 Å². The first-order chi connectivity index (χ1) is 9.65. The van der Waals surface area contributed by atoms with E-state index in [0.717, 1.165) is 31.9 Å². The molecular weight excluding hydrogens is 256 g/mol. The van der Waals surface area contributed by atoms with Crippen molar-refractivity contribution in [3.8, 4) is 5.75 Å². The molecular formula is C15H22N2O3. The number of aliphatic hydroxyl groups excluding tert-OH is 1. The van der Waals surface area contributed by atoms with Gasteiger partial charge in [-0.05, 0) is 12.1 Å². The predicted octanol–water partition coefficient (Wildman–Crippen LogP) is 0.590. The molecule has 5 heteroatoms. The molecule has 5 nitrogen and oxygen atoms in total. The van der Waals surface area contributed by atoms with E-state index in [1.165, 1.54) is 0 Å². The van der Waals surface area contributed by atoms with Crippen molar-refractivity contribution in [1.82, 2.24) is 9.80 Å². The van der Waals surface area contributed by atoms with Crippen LogP contribution in [0.3, 0.4) is 0 Å². The summed E-state index contributed by atoms with van der Waals surface area (Å²) in [6, 6.07) is 9.49. The number of para-hydroxylation sites is 1. The van der Waals surface area contributed by atoms with Crippen LogP contribution >= 0.6 is 0 Å². The van der Waals surface area contributed by atoms with Crippen LogP contribution < -0.4 is 4.74 Å². The van der Waals surface area contributed by atoms with Gasteiger partial charge in [0.05, 0.1) is 0 Å². The molecule has 0 spiro atoms. The van der Waals surface area contributed by atoms with E-state index in [1.807, 2.05) is 35.2 Å². The van der Waals surface area contributed by atoms with Crippen molar-refractivity contribution < 1.29 is 14.6 Å². The maximum atomic E-state index is 11.2. The van der Waals surface area contributed by atoms with Crippen LogP contribution in [0.25, 0.3) is 0 Å². The molecule has 1 heterocycles. The number of rotatable bonds is 5. The fourth-order valence-electron chi connectivity index (χ4n) is 2.31. The van der Waals surface area contributed by atoms with Crippen LogP contribution in [0.5, 0.6) is 5.75 Å². The SMILES string of the molecule is CC(=O)N1CCN(C[C@@H](O)COc2ccccc2)CC1. The average molecular weight is 278 g/mol. The van der Waals surface area contributed by atoms with Gasteiger partial charge in [-0.15, -0.1) is 0 Å². The van der Waals surface area contributed by atoms with Gasteiger partial charge in [0.2, 0.25) is 5.91 Å². The minimum Gasteiger partial charge on any atom is -0.491 e. The molecule has 1 aliphatic heterocycles. The fourth-order valence-corrected chi connectivity index (χ4v) is 2.31. The van der Waals surface area contributed by atoms with Gasteiger partial charge in [-0.1, -0.05) is 18.2 Å². The molecule has 1 aromatic rings. The molecule has 0 saturated carbocycles. The van der Waals surface area contributed by atoms with Crippen molar-refractivity contribution in [3.63, 3.8) is 0 Å². The number of carbonyl (C=O) groups is 1. The lowest BCUT2D eigenvalue weighted by Crippen LogP contribution is -2.50. The van der Waals surface area contributed by atoms with Crippen LogP contribution in [-0.4, -0.2) is 66.2 Å². The standard InChI is InChI=1S/C15H22N2O3/c1-13(18)17-9-7-16(8-10-17)11-14(19)12-20-15-5-3-2-4-6-15/h2-6,14,19H,7-12H2,1H3/t14-/m1/s1. The van der Waals surface area contributed by atoms with Crippen molar-refractivity contribution >= 4 is 5.91 Å². The molecule has 0 bridgehead atoms. The molecule has 1 aliphatic rings. The summed E-state index contributed by atoms with van der Waals surface area (Å²) in [7, 11) is 0. The van der Waals surface area contributed by atoms with Gasteiger partial charge >= 0.3 is 0 Å². The van der Waals surface area contributed by atoms with E-state index in [1.54, 1.807) is 6.92 Å². The Balaban J connectivity index is 1.68. The molecule has 2 rings (SSSR count). The molecule has 110 valence electrons. The fraction of sp³-hybridized carbons (Fsp3) is 0.533. The first-order valence-corrected chi connectivity index (χ1v) is 6.99. The molecule has 1 aromatic carbocycles. The van der Waals surface area contributed by atoms with Gasteiger partial charge in [0.25, 0.3) is 0 Å². The molecule has 1 fully saturated rings. The Morgan fingerprint density at radius 2 is 1.90 bits per heavy atom. The lowest BCUT2D eigenvalue weighted by atomic mass is 10.2. The van der Waals surface area contributed by atoms with Crippen LogP contribution in [0, 0.1) is 0 Å². The quantitative estimate of drug-likeness (QED) is 0.856. The number of aliphatic hydroxyl groups is 1. The highest BCUT2D eigenvalue weighted by Crippen LogP contribution is 2.09. The van der Waals surface area contributed by atoms with E-state index in [9.17, 15) is 9.90 Å². The van der Waals surface area contributed by atoms with Gasteiger partial charge in [-0.2, -0.15) is 0 Å². The first-order valence-electron chi connectivity index (χ1n) is 6.99. The largest absolute Gasteiger partial charge is 0.491 e. The number of hydrogen-bond acceptors (Lipinski definition) is 4. The lowest BCUT2D eigenvalue weighted by molar-refractivity contribution is -0.130. The molecule has 1 N–H and O–H groups in total. The minimum absolute atomic E-state index is 0.123. The molecule has 20 heavy (non-hydrogen) atoms. The van der Waals surface area contributed by atoms with Crippen molar-refractivity contribution in [2.75, 3.05) is 39.3 Å². The molecule has 1 saturated heterocycles. The van der Waals surface area contributed by atoms with Gasteiger partial charge in [-0.3, -0.25) is 9.69 Å². The Morgan fingerprint density at radius 3 is 2.50 bits per heavy atom. The van der Waals surface area contributed by atoms with E-state index >= 15 is 0 Å². The van der Waals surface area contributed by atoms with E-state index in [4.69, 9.17) is 4.74 Å². The molecule has 0 aromatic heterocycles. The average Bonchev–Trinajstić information content (AvgIpc) is 2.47. The van der Waals surface area contributed by atoms with Gasteiger partial charge < -0.3 is 14.7 Å². The highest BCUT2D eigenvalue weighted by Gasteiger charge is 2.20. The third kappa shape index (κ3) is 4.51. The Bertz CT molecular complexity index is 416. The van der Waals surface area contributed by atoms with Crippen molar-refractivity contribution in [1.29, 1.82) is 0 Å². The van der Waals surface area contributed by atoms with E-state index in [0.29, 0.717) is 6.54 Å². The Labute approximate surface area is 119 Å². The normalized spacial score (nSPS) is 17.8. The number of piperazine rings is 1. The Morgan fingerprint density at radius 1 is 1.25 bits per heavy atom. The Hall–Kier alpha value is -1.59. The number of nitrogens with zero attached hydrogens (tertiary/aromatic N) is 2. The number of hydrogen-bond donors (Lipinski definition) is 1. The van der Waals surface area contributed by atoms with Gasteiger partial charge in [0.15, 0.2) is 0 Å². The summed E-state index contributed by atoms with van der Waals surface area (Å²) in [6.45, 7) is 5.56. The summed E-state index contributed by atoms with van der Waals surface area (Å²) in [6.07, 6.45) is -0.515. The third-order valence-electron chi connectivity index (χ3n) is 3.47. The second-order valence-electron chi connectivity index (χ2n) is 5.08. The number of ether oxygens (including phenoxy) is 1. The van der Waals surface area contributed by atoms with Crippen LogP contribution in [0.4, 0.5) is 0 Å². The Kier molecular flexibility index (Phi) is 5.38. The number of β-amino-alcohol motifs (C(OH)–C–C–N with tert-alkyl or cyclic N) is 1. The zero-order valence-electron chi connectivity index (χ0n) is 11.9. The van der Waals surface area contributed by atoms with E-state index in [2.05, 4.69) is 4.90 Å². The second kappa shape index (κ2) is 7.26. The topological polar surface area (TPSA) is 53.0 Å². The van der Waals surface area contributed by atoms with Crippen molar-refractivity contribution in [3.05, 3.63) is 30.3 Å². The predicted molar refractivity (Wildman–Crippen MR) is 76.6 cm³/mol. The summed E-state index contributed by atoms with van der Waals surface area (Å²) >= 11 is 0. The monoisotopic (exact) mass is 278 g/mol. The van der Waals surface area contributed by atoms with Crippen LogP contribution in [0.15, 0.2) is 30.3 Å². The number of carbonyl (C=O) groups excluding carboxylic acids is 1. The zero-order valence-corrected chi connectivity index (χ0v) is 11.9. The number of benzene rings is 1. The van der Waals surface area contributed by atoms with Gasteiger partial charge in [-0.25, -0.2) is 0 Å². The van der Waals surface area contributed by atoms with Crippen molar-refractivity contribution in [2.45, 2.75) is 13.0 Å². The highest BCUT2D eigenvalue weighted by molar-refractivity contribution is 5.73. The van der Waals surface area contributed by atoms with Gasteiger partial charge in [0, 0.05) is 39.6 Å². The smallest absolute Gasteiger partial charge is 0.219 e. The number of amides is 1. The van der Waals surface area contributed by atoms with E-state index in [-0.39, 0.29) is 12.5 Å². The second-order valence-corrected chi connectivity index (χ2v) is 5.08. The van der Waals surface area contributed by atoms with E-state index < -0.39 is 6.10 Å². The molecule has 0 unspecified atom stereocenters. The summed E-state index contributed by atoms with van der Waals surface area (Å²) in [5.41, 5.74) is 0.